The number of carbonyl (C=O) groups is 1. The zero-order valence-electron chi connectivity index (χ0n) is 5.71. The Morgan fingerprint density at radius 1 is 1.33 bits per heavy atom. The first-order valence-corrected chi connectivity index (χ1v) is 3.69. The van der Waals surface area contributed by atoms with Gasteiger partial charge in [0.25, 0.3) is 0 Å². The van der Waals surface area contributed by atoms with Crippen molar-refractivity contribution < 1.29 is 14.6 Å². The van der Waals surface area contributed by atoms with E-state index in [2.05, 4.69) is 4.74 Å². The van der Waals surface area contributed by atoms with Gasteiger partial charge >= 0.3 is 6.16 Å². The van der Waals surface area contributed by atoms with E-state index in [1.165, 1.54) is 18.2 Å². The van der Waals surface area contributed by atoms with Gasteiger partial charge in [-0.15, -0.1) is 0 Å². The average Bonchev–Trinajstić information content (AvgIpc) is 1.94. The summed E-state index contributed by atoms with van der Waals surface area (Å²) in [5.74, 6) is 0.0149. The molecule has 1 rings (SSSR count). The van der Waals surface area contributed by atoms with Gasteiger partial charge in [0.1, 0.15) is 0 Å². The van der Waals surface area contributed by atoms with E-state index < -0.39 is 6.16 Å². The van der Waals surface area contributed by atoms with Crippen molar-refractivity contribution in [3.05, 3.63) is 28.2 Å². The summed E-state index contributed by atoms with van der Waals surface area (Å²) in [7, 11) is 0. The average molecular weight is 206 g/mol. The molecule has 3 nitrogen and oxygen atoms in total. The van der Waals surface area contributed by atoms with Gasteiger partial charge in [-0.1, -0.05) is 23.2 Å². The smallest absolute Gasteiger partial charge is 0.391 e. The molecule has 63 valence electrons. The van der Waals surface area contributed by atoms with Crippen molar-refractivity contribution in [2.75, 3.05) is 0 Å². The molecule has 0 spiro atoms. The number of hydrogen-bond acceptors (Lipinski definition) is 2. The molecule has 1 aromatic carbocycles. The summed E-state index contributed by atoms with van der Waals surface area (Å²) in [6, 6.07) is 4.19. The molecule has 0 aliphatic heterocycles. The molecule has 0 N–H and O–H groups in total. The minimum absolute atomic E-state index is 0.0149. The Bertz CT molecular complexity index is 312. The SMILES string of the molecule is [O]C(=O)Oc1ccc(Cl)cc1Cl. The third-order valence-electron chi connectivity index (χ3n) is 1.09. The summed E-state index contributed by atoms with van der Waals surface area (Å²) in [6.45, 7) is 0. The maximum atomic E-state index is 9.98. The van der Waals surface area contributed by atoms with Gasteiger partial charge in [0, 0.05) is 5.02 Å². The quantitative estimate of drug-likeness (QED) is 0.523. The molecule has 5 heteroatoms. The van der Waals surface area contributed by atoms with Gasteiger partial charge in [-0.3, -0.25) is 0 Å². The second kappa shape index (κ2) is 3.65. The van der Waals surface area contributed by atoms with Crippen LogP contribution in [0.4, 0.5) is 4.79 Å². The molecule has 1 aromatic rings. The van der Waals surface area contributed by atoms with Crippen LogP contribution < -0.4 is 4.74 Å². The standard InChI is InChI=1S/C7H3Cl2O3/c8-4-1-2-6(5(9)3-4)12-7(10)11/h1-3H. The molecule has 0 bridgehead atoms. The van der Waals surface area contributed by atoms with E-state index in [1.54, 1.807) is 0 Å². The Kier molecular flexibility index (Phi) is 2.78. The zero-order valence-corrected chi connectivity index (χ0v) is 7.22. The summed E-state index contributed by atoms with van der Waals surface area (Å²) in [6.07, 6.45) is -1.65. The minimum atomic E-state index is -1.65. The van der Waals surface area contributed by atoms with E-state index in [1.807, 2.05) is 0 Å². The van der Waals surface area contributed by atoms with Crippen LogP contribution in [-0.2, 0) is 5.11 Å². The van der Waals surface area contributed by atoms with Crippen molar-refractivity contribution in [1.82, 2.24) is 0 Å². The second-order valence-electron chi connectivity index (χ2n) is 1.93. The fraction of sp³-hybridized carbons (Fsp3) is 0. The van der Waals surface area contributed by atoms with Crippen LogP contribution >= 0.6 is 23.2 Å². The van der Waals surface area contributed by atoms with E-state index in [9.17, 15) is 9.90 Å². The Morgan fingerprint density at radius 2 is 2.00 bits per heavy atom. The van der Waals surface area contributed by atoms with Gasteiger partial charge in [0.15, 0.2) is 5.75 Å². The van der Waals surface area contributed by atoms with Gasteiger partial charge in [0.2, 0.25) is 0 Å². The molecule has 0 heterocycles. The first-order valence-electron chi connectivity index (χ1n) is 2.93. The van der Waals surface area contributed by atoms with Crippen LogP contribution in [-0.4, -0.2) is 6.16 Å². The number of benzene rings is 1. The van der Waals surface area contributed by atoms with E-state index in [0.717, 1.165) is 0 Å². The highest BCUT2D eigenvalue weighted by atomic mass is 35.5. The summed E-state index contributed by atoms with van der Waals surface area (Å²) < 4.78 is 4.21. The third-order valence-corrected chi connectivity index (χ3v) is 1.62. The first-order chi connectivity index (χ1) is 5.59. The van der Waals surface area contributed by atoms with Crippen LogP contribution in [0.25, 0.3) is 0 Å². The lowest BCUT2D eigenvalue weighted by Gasteiger charge is -2.00. The van der Waals surface area contributed by atoms with Crippen LogP contribution in [0.5, 0.6) is 5.75 Å². The van der Waals surface area contributed by atoms with Crippen molar-refractivity contribution in [3.8, 4) is 5.75 Å². The van der Waals surface area contributed by atoms with E-state index in [0.29, 0.717) is 5.02 Å². The predicted octanol–water partition coefficient (Wildman–Crippen LogP) is 2.92. The zero-order chi connectivity index (χ0) is 9.14. The molecule has 0 aliphatic rings. The number of carbonyl (C=O) groups excluding carboxylic acids is 1. The fourth-order valence-electron chi connectivity index (χ4n) is 0.648. The summed E-state index contributed by atoms with van der Waals surface area (Å²) >= 11 is 11.1. The maximum absolute atomic E-state index is 9.98. The third kappa shape index (κ3) is 2.29. The number of hydrogen-bond donors (Lipinski definition) is 0. The van der Waals surface area contributed by atoms with Crippen molar-refractivity contribution in [1.29, 1.82) is 0 Å². The van der Waals surface area contributed by atoms with Crippen LogP contribution in [0.2, 0.25) is 10.0 Å². The molecule has 12 heavy (non-hydrogen) atoms. The van der Waals surface area contributed by atoms with Crippen LogP contribution in [0, 0.1) is 0 Å². The number of rotatable bonds is 1. The normalized spacial score (nSPS) is 9.50. The lowest BCUT2D eigenvalue weighted by Crippen LogP contribution is -2.01. The largest absolute Gasteiger partial charge is 0.555 e. The number of halogens is 2. The molecule has 0 fully saturated rings. The Morgan fingerprint density at radius 3 is 2.50 bits per heavy atom. The van der Waals surface area contributed by atoms with Crippen LogP contribution in [0.15, 0.2) is 18.2 Å². The Balaban J connectivity index is 2.93. The highest BCUT2D eigenvalue weighted by Gasteiger charge is 2.07. The molecular weight excluding hydrogens is 203 g/mol. The van der Waals surface area contributed by atoms with Crippen molar-refractivity contribution in [3.63, 3.8) is 0 Å². The Labute approximate surface area is 78.5 Å². The predicted molar refractivity (Wildman–Crippen MR) is 43.2 cm³/mol. The van der Waals surface area contributed by atoms with Gasteiger partial charge in [-0.2, -0.15) is 9.90 Å². The minimum Gasteiger partial charge on any atom is -0.391 e. The van der Waals surface area contributed by atoms with E-state index >= 15 is 0 Å². The molecule has 0 amide bonds. The highest BCUT2D eigenvalue weighted by Crippen LogP contribution is 2.27. The molecule has 0 saturated heterocycles. The lowest BCUT2D eigenvalue weighted by atomic mass is 10.3. The molecule has 0 unspecified atom stereocenters. The molecule has 0 aromatic heterocycles. The first kappa shape index (κ1) is 9.16. The van der Waals surface area contributed by atoms with E-state index in [4.69, 9.17) is 23.2 Å². The molecule has 0 saturated carbocycles. The summed E-state index contributed by atoms with van der Waals surface area (Å²) in [5, 5.41) is 10.5. The van der Waals surface area contributed by atoms with Crippen molar-refractivity contribution in [2.45, 2.75) is 0 Å². The second-order valence-corrected chi connectivity index (χ2v) is 2.77. The monoisotopic (exact) mass is 205 g/mol. The van der Waals surface area contributed by atoms with Gasteiger partial charge < -0.3 is 4.74 Å². The fourth-order valence-corrected chi connectivity index (χ4v) is 1.09. The van der Waals surface area contributed by atoms with Crippen LogP contribution in [0.1, 0.15) is 0 Å². The summed E-state index contributed by atoms with van der Waals surface area (Å²) in [5.41, 5.74) is 0. The molecule has 1 radical (unpaired) electrons. The molecular formula is C7H3Cl2O3. The number of ether oxygens (including phenoxy) is 1. The summed E-state index contributed by atoms with van der Waals surface area (Å²) in [4.78, 5) is 9.98. The molecule has 0 aliphatic carbocycles. The Hall–Kier alpha value is -0.930. The maximum Gasteiger partial charge on any atom is 0.555 e. The highest BCUT2D eigenvalue weighted by molar-refractivity contribution is 6.35. The van der Waals surface area contributed by atoms with Crippen molar-refractivity contribution in [2.24, 2.45) is 0 Å². The lowest BCUT2D eigenvalue weighted by molar-refractivity contribution is 0.117. The van der Waals surface area contributed by atoms with Gasteiger partial charge in [-0.05, 0) is 18.2 Å². The van der Waals surface area contributed by atoms with Crippen LogP contribution in [0.3, 0.4) is 0 Å². The van der Waals surface area contributed by atoms with Crippen molar-refractivity contribution >= 4 is 29.4 Å². The van der Waals surface area contributed by atoms with E-state index in [-0.39, 0.29) is 10.8 Å². The van der Waals surface area contributed by atoms with Gasteiger partial charge in [-0.25, -0.2) is 0 Å². The topological polar surface area (TPSA) is 46.2 Å². The van der Waals surface area contributed by atoms with Gasteiger partial charge in [0.05, 0.1) is 5.02 Å². The molecule has 0 atom stereocenters.